The van der Waals surface area contributed by atoms with Crippen molar-refractivity contribution in [3.8, 4) is 0 Å². The lowest BCUT2D eigenvalue weighted by Crippen LogP contribution is -2.13. The highest BCUT2D eigenvalue weighted by Gasteiger charge is 2.23. The van der Waals surface area contributed by atoms with Crippen LogP contribution in [-0.4, -0.2) is 23.3 Å². The molecule has 0 bridgehead atoms. The molecule has 1 aliphatic heterocycles. The summed E-state index contributed by atoms with van der Waals surface area (Å²) in [7, 11) is 0. The normalized spacial score (nSPS) is 23.2. The number of rotatable bonds is 4. The zero-order valence-electron chi connectivity index (χ0n) is 9.19. The van der Waals surface area contributed by atoms with Gasteiger partial charge in [-0.2, -0.15) is 4.98 Å². The minimum Gasteiger partial charge on any atom is -0.371 e. The molecule has 0 saturated carbocycles. The van der Waals surface area contributed by atoms with Gasteiger partial charge in [0.05, 0.1) is 6.04 Å². The van der Waals surface area contributed by atoms with Crippen LogP contribution in [0.2, 0.25) is 0 Å². The second-order valence-corrected chi connectivity index (χ2v) is 3.74. The van der Waals surface area contributed by atoms with Crippen LogP contribution in [0.1, 0.15) is 50.6 Å². The predicted octanol–water partition coefficient (Wildman–Crippen LogP) is 1.59. The maximum Gasteiger partial charge on any atom is 0.243 e. The van der Waals surface area contributed by atoms with E-state index in [4.69, 9.17) is 9.26 Å². The van der Waals surface area contributed by atoms with Crippen LogP contribution in [0.4, 0.5) is 0 Å². The van der Waals surface area contributed by atoms with E-state index in [-0.39, 0.29) is 12.1 Å². The predicted molar refractivity (Wildman–Crippen MR) is 54.3 cm³/mol. The van der Waals surface area contributed by atoms with E-state index < -0.39 is 0 Å². The number of ether oxygens (including phenoxy) is 1. The fraction of sp³-hybridized carbons (Fsp3) is 0.800. The Morgan fingerprint density at radius 2 is 2.53 bits per heavy atom. The molecule has 1 aromatic heterocycles. The topological polar surface area (TPSA) is 60.2 Å². The lowest BCUT2D eigenvalue weighted by Gasteiger charge is -2.05. The van der Waals surface area contributed by atoms with Gasteiger partial charge in [-0.25, -0.2) is 0 Å². The van der Waals surface area contributed by atoms with Crippen LogP contribution >= 0.6 is 0 Å². The highest BCUT2D eigenvalue weighted by atomic mass is 16.5. The summed E-state index contributed by atoms with van der Waals surface area (Å²) in [5.41, 5.74) is 0. The Hall–Kier alpha value is -0.940. The Morgan fingerprint density at radius 1 is 1.67 bits per heavy atom. The number of hydrogen-bond acceptors (Lipinski definition) is 5. The van der Waals surface area contributed by atoms with Crippen molar-refractivity contribution in [1.82, 2.24) is 15.5 Å². The standard InChI is InChI=1S/C10H17N3O2/c1-3-14-7(2)9-12-10(15-13-9)8-5-4-6-11-8/h7-8,11H,3-6H2,1-2H3/t7?,8-/m0/s1. The number of hydrogen-bond donors (Lipinski definition) is 1. The number of nitrogens with zero attached hydrogens (tertiary/aromatic N) is 2. The Balaban J connectivity index is 2.02. The van der Waals surface area contributed by atoms with Gasteiger partial charge in [0.15, 0.2) is 5.82 Å². The van der Waals surface area contributed by atoms with Gasteiger partial charge in [0.2, 0.25) is 5.89 Å². The van der Waals surface area contributed by atoms with Gasteiger partial charge in [0.25, 0.3) is 0 Å². The molecule has 1 aromatic rings. The second-order valence-electron chi connectivity index (χ2n) is 3.74. The van der Waals surface area contributed by atoms with E-state index in [0.29, 0.717) is 18.3 Å². The zero-order valence-corrected chi connectivity index (χ0v) is 9.19. The first-order chi connectivity index (χ1) is 7.31. The Kier molecular flexibility index (Phi) is 3.33. The van der Waals surface area contributed by atoms with Crippen molar-refractivity contribution >= 4 is 0 Å². The third-order valence-electron chi connectivity index (χ3n) is 2.60. The maximum absolute atomic E-state index is 5.40. The Morgan fingerprint density at radius 3 is 3.20 bits per heavy atom. The average Bonchev–Trinajstić information content (AvgIpc) is 2.89. The van der Waals surface area contributed by atoms with Crippen LogP contribution in [-0.2, 0) is 4.74 Å². The molecule has 5 heteroatoms. The molecule has 2 heterocycles. The fourth-order valence-corrected chi connectivity index (χ4v) is 1.77. The lowest BCUT2D eigenvalue weighted by molar-refractivity contribution is 0.0683. The molecular weight excluding hydrogens is 194 g/mol. The van der Waals surface area contributed by atoms with Crippen LogP contribution < -0.4 is 5.32 Å². The first-order valence-corrected chi connectivity index (χ1v) is 5.49. The summed E-state index contributed by atoms with van der Waals surface area (Å²) in [6, 6.07) is 0.236. The van der Waals surface area contributed by atoms with E-state index in [0.717, 1.165) is 13.0 Å². The van der Waals surface area contributed by atoms with E-state index in [2.05, 4.69) is 15.5 Å². The minimum atomic E-state index is -0.0890. The third kappa shape index (κ3) is 2.35. The van der Waals surface area contributed by atoms with Crippen LogP contribution in [0, 0.1) is 0 Å². The first-order valence-electron chi connectivity index (χ1n) is 5.49. The average molecular weight is 211 g/mol. The smallest absolute Gasteiger partial charge is 0.243 e. The lowest BCUT2D eigenvalue weighted by atomic mass is 10.2. The highest BCUT2D eigenvalue weighted by Crippen LogP contribution is 2.23. The van der Waals surface area contributed by atoms with Crippen LogP contribution in [0.25, 0.3) is 0 Å². The molecule has 15 heavy (non-hydrogen) atoms. The van der Waals surface area contributed by atoms with Crippen LogP contribution in [0.15, 0.2) is 4.52 Å². The van der Waals surface area contributed by atoms with Gasteiger partial charge in [0, 0.05) is 6.61 Å². The van der Waals surface area contributed by atoms with E-state index in [1.165, 1.54) is 6.42 Å². The zero-order chi connectivity index (χ0) is 10.7. The molecule has 1 aliphatic rings. The Labute approximate surface area is 89.2 Å². The summed E-state index contributed by atoms with van der Waals surface area (Å²) in [4.78, 5) is 4.35. The molecule has 1 saturated heterocycles. The number of nitrogens with one attached hydrogen (secondary N) is 1. The van der Waals surface area contributed by atoms with E-state index in [1.807, 2.05) is 13.8 Å². The van der Waals surface area contributed by atoms with Crippen LogP contribution in [0.5, 0.6) is 0 Å². The highest BCUT2D eigenvalue weighted by molar-refractivity contribution is 4.96. The van der Waals surface area contributed by atoms with E-state index in [1.54, 1.807) is 0 Å². The molecule has 1 fully saturated rings. The summed E-state index contributed by atoms with van der Waals surface area (Å²) in [6.45, 7) is 5.58. The molecular formula is C10H17N3O2. The summed E-state index contributed by atoms with van der Waals surface area (Å²) in [5, 5.41) is 7.25. The third-order valence-corrected chi connectivity index (χ3v) is 2.60. The molecule has 0 aliphatic carbocycles. The van der Waals surface area contributed by atoms with Gasteiger partial charge in [-0.05, 0) is 33.2 Å². The van der Waals surface area contributed by atoms with E-state index >= 15 is 0 Å². The van der Waals surface area contributed by atoms with Crippen molar-refractivity contribution in [1.29, 1.82) is 0 Å². The van der Waals surface area contributed by atoms with Gasteiger partial charge in [-0.3, -0.25) is 0 Å². The summed E-state index contributed by atoms with van der Waals surface area (Å²) in [5.74, 6) is 1.33. The van der Waals surface area contributed by atoms with Crippen molar-refractivity contribution in [3.05, 3.63) is 11.7 Å². The molecule has 2 rings (SSSR count). The first kappa shape index (κ1) is 10.6. The van der Waals surface area contributed by atoms with Crippen molar-refractivity contribution < 1.29 is 9.26 Å². The van der Waals surface area contributed by atoms with Crippen molar-refractivity contribution in [2.45, 2.75) is 38.8 Å². The molecule has 2 atom stereocenters. The van der Waals surface area contributed by atoms with Gasteiger partial charge < -0.3 is 14.6 Å². The maximum atomic E-state index is 5.40. The summed E-state index contributed by atoms with van der Waals surface area (Å²) in [6.07, 6.45) is 2.16. The van der Waals surface area contributed by atoms with Crippen molar-refractivity contribution in [2.75, 3.05) is 13.2 Å². The largest absolute Gasteiger partial charge is 0.371 e. The number of aromatic nitrogens is 2. The van der Waals surface area contributed by atoms with Gasteiger partial charge in [-0.1, -0.05) is 5.16 Å². The molecule has 0 amide bonds. The molecule has 84 valence electrons. The minimum absolute atomic E-state index is 0.0890. The Bertz CT molecular complexity index is 307. The molecule has 5 nitrogen and oxygen atoms in total. The van der Waals surface area contributed by atoms with Crippen molar-refractivity contribution in [3.63, 3.8) is 0 Å². The summed E-state index contributed by atoms with van der Waals surface area (Å²) < 4.78 is 10.6. The molecule has 0 radical (unpaired) electrons. The molecule has 0 spiro atoms. The van der Waals surface area contributed by atoms with Gasteiger partial charge >= 0.3 is 0 Å². The van der Waals surface area contributed by atoms with E-state index in [9.17, 15) is 0 Å². The van der Waals surface area contributed by atoms with Gasteiger partial charge in [0.1, 0.15) is 6.10 Å². The monoisotopic (exact) mass is 211 g/mol. The fourth-order valence-electron chi connectivity index (χ4n) is 1.77. The second kappa shape index (κ2) is 4.72. The van der Waals surface area contributed by atoms with Crippen molar-refractivity contribution in [2.24, 2.45) is 0 Å². The van der Waals surface area contributed by atoms with Crippen LogP contribution in [0.3, 0.4) is 0 Å². The SMILES string of the molecule is CCOC(C)c1noc([C@@H]2CCCN2)n1. The summed E-state index contributed by atoms with van der Waals surface area (Å²) >= 11 is 0. The van der Waals surface area contributed by atoms with Gasteiger partial charge in [-0.15, -0.1) is 0 Å². The molecule has 1 unspecified atom stereocenters. The molecule has 1 N–H and O–H groups in total. The quantitative estimate of drug-likeness (QED) is 0.819. The molecule has 0 aromatic carbocycles.